The highest BCUT2D eigenvalue weighted by Gasteiger charge is 2.23. The molecule has 0 spiro atoms. The Kier molecular flexibility index (Phi) is 3.91. The Morgan fingerprint density at radius 2 is 2.06 bits per heavy atom. The van der Waals surface area contributed by atoms with E-state index in [9.17, 15) is 17.2 Å². The maximum atomic E-state index is 12.2. The smallest absolute Gasteiger partial charge is 0.387 e. The van der Waals surface area contributed by atoms with Gasteiger partial charge in [-0.1, -0.05) is 0 Å². The molecule has 4 nitrogen and oxygen atoms in total. The van der Waals surface area contributed by atoms with Gasteiger partial charge in [-0.15, -0.1) is 0 Å². The van der Waals surface area contributed by atoms with Gasteiger partial charge in [-0.3, -0.25) is 0 Å². The topological polar surface area (TPSA) is 67.2 Å². The van der Waals surface area contributed by atoms with Crippen molar-refractivity contribution in [2.45, 2.75) is 18.4 Å². The number of nitrogens with zero attached hydrogens (tertiary/aromatic N) is 1. The lowest BCUT2D eigenvalue weighted by molar-refractivity contribution is -0.0522. The van der Waals surface area contributed by atoms with Crippen molar-refractivity contribution >= 4 is 19.7 Å². The SMILES string of the molecule is Cc1c(C#N)ccc(S(=O)(=O)Cl)c1OC(F)F. The van der Waals surface area contributed by atoms with Gasteiger partial charge in [0.15, 0.2) is 0 Å². The number of benzene rings is 1. The Labute approximate surface area is 101 Å². The van der Waals surface area contributed by atoms with E-state index in [-0.39, 0.29) is 11.1 Å². The highest BCUT2D eigenvalue weighted by atomic mass is 35.7. The predicted octanol–water partition coefficient (Wildman–Crippen LogP) is 2.40. The van der Waals surface area contributed by atoms with Crippen molar-refractivity contribution in [1.82, 2.24) is 0 Å². The highest BCUT2D eigenvalue weighted by molar-refractivity contribution is 8.13. The molecule has 0 fully saturated rings. The zero-order valence-corrected chi connectivity index (χ0v) is 10.0. The van der Waals surface area contributed by atoms with Gasteiger partial charge in [0.1, 0.15) is 10.6 Å². The fourth-order valence-electron chi connectivity index (χ4n) is 1.22. The van der Waals surface area contributed by atoms with Crippen LogP contribution in [0.2, 0.25) is 0 Å². The molecule has 8 heteroatoms. The van der Waals surface area contributed by atoms with E-state index in [2.05, 4.69) is 4.74 Å². The molecule has 0 aliphatic heterocycles. The second-order valence-corrected chi connectivity index (χ2v) is 5.53. The minimum absolute atomic E-state index is 0.00507. The normalized spacial score (nSPS) is 11.3. The van der Waals surface area contributed by atoms with E-state index in [1.807, 2.05) is 0 Å². The van der Waals surface area contributed by atoms with Gasteiger partial charge in [-0.25, -0.2) is 8.42 Å². The third-order valence-electron chi connectivity index (χ3n) is 1.96. The van der Waals surface area contributed by atoms with Crippen LogP contribution in [0, 0.1) is 18.3 Å². The molecule has 0 atom stereocenters. The van der Waals surface area contributed by atoms with Crippen molar-refractivity contribution in [3.8, 4) is 11.8 Å². The molecule has 0 unspecified atom stereocenters. The van der Waals surface area contributed by atoms with Crippen molar-refractivity contribution in [2.24, 2.45) is 0 Å². The third kappa shape index (κ3) is 3.05. The Morgan fingerprint density at radius 1 is 1.47 bits per heavy atom. The number of nitriles is 1. The fraction of sp³-hybridized carbons (Fsp3) is 0.222. The molecule has 0 radical (unpaired) electrons. The van der Waals surface area contributed by atoms with Crippen LogP contribution in [-0.4, -0.2) is 15.0 Å². The summed E-state index contributed by atoms with van der Waals surface area (Å²) in [7, 11) is 0.857. The van der Waals surface area contributed by atoms with Crippen LogP contribution in [0.15, 0.2) is 17.0 Å². The van der Waals surface area contributed by atoms with E-state index in [0.29, 0.717) is 0 Å². The standard InChI is InChI=1S/C9H6ClF2NO3S/c1-5-6(4-13)2-3-7(17(10,14)15)8(5)16-9(11)12/h2-3,9H,1H3. The Hall–Kier alpha value is -1.39. The molecule has 0 aliphatic carbocycles. The van der Waals surface area contributed by atoms with Gasteiger partial charge in [0.05, 0.1) is 11.6 Å². The Morgan fingerprint density at radius 3 is 2.47 bits per heavy atom. The molecule has 0 saturated heterocycles. The van der Waals surface area contributed by atoms with Crippen molar-refractivity contribution in [1.29, 1.82) is 5.26 Å². The van der Waals surface area contributed by atoms with Crippen LogP contribution in [0.3, 0.4) is 0 Å². The molecule has 17 heavy (non-hydrogen) atoms. The van der Waals surface area contributed by atoms with Crippen molar-refractivity contribution < 1.29 is 21.9 Å². The molecule has 1 aromatic carbocycles. The number of hydrogen-bond donors (Lipinski definition) is 0. The molecular weight excluding hydrogens is 276 g/mol. The first-order valence-corrected chi connectivity index (χ1v) is 6.51. The molecule has 0 heterocycles. The first kappa shape index (κ1) is 13.7. The molecule has 0 saturated carbocycles. The molecule has 0 aromatic heterocycles. The molecule has 0 bridgehead atoms. The van der Waals surface area contributed by atoms with Crippen LogP contribution in [0.1, 0.15) is 11.1 Å². The summed E-state index contributed by atoms with van der Waals surface area (Å²) < 4.78 is 50.7. The highest BCUT2D eigenvalue weighted by Crippen LogP contribution is 2.33. The largest absolute Gasteiger partial charge is 0.433 e. The molecule has 0 N–H and O–H groups in total. The summed E-state index contributed by atoms with van der Waals surface area (Å²) in [5.41, 5.74) is 0.0271. The lowest BCUT2D eigenvalue weighted by Gasteiger charge is -2.12. The maximum Gasteiger partial charge on any atom is 0.387 e. The zero-order valence-electron chi connectivity index (χ0n) is 8.45. The van der Waals surface area contributed by atoms with E-state index < -0.39 is 26.3 Å². The third-order valence-corrected chi connectivity index (χ3v) is 3.31. The first-order valence-electron chi connectivity index (χ1n) is 4.20. The zero-order chi connectivity index (χ0) is 13.2. The van der Waals surface area contributed by atoms with E-state index in [1.54, 1.807) is 6.07 Å². The van der Waals surface area contributed by atoms with Crippen LogP contribution in [0.4, 0.5) is 8.78 Å². The first-order chi connectivity index (χ1) is 7.77. The van der Waals surface area contributed by atoms with Crippen LogP contribution in [-0.2, 0) is 9.05 Å². The monoisotopic (exact) mass is 281 g/mol. The van der Waals surface area contributed by atoms with Crippen molar-refractivity contribution in [3.63, 3.8) is 0 Å². The van der Waals surface area contributed by atoms with E-state index >= 15 is 0 Å². The van der Waals surface area contributed by atoms with Gasteiger partial charge in [-0.2, -0.15) is 14.0 Å². The van der Waals surface area contributed by atoms with Gasteiger partial charge in [0.25, 0.3) is 9.05 Å². The summed E-state index contributed by atoms with van der Waals surface area (Å²) in [4.78, 5) is -0.587. The summed E-state index contributed by atoms with van der Waals surface area (Å²) in [5.74, 6) is -0.603. The molecule has 92 valence electrons. The molecular formula is C9H6ClF2NO3S. The van der Waals surface area contributed by atoms with Gasteiger partial charge in [0, 0.05) is 16.2 Å². The molecule has 1 rings (SSSR count). The number of ether oxygens (including phenoxy) is 1. The van der Waals surface area contributed by atoms with Crippen LogP contribution in [0.5, 0.6) is 5.75 Å². The lowest BCUT2D eigenvalue weighted by Crippen LogP contribution is -2.08. The minimum Gasteiger partial charge on any atom is -0.433 e. The lowest BCUT2D eigenvalue weighted by atomic mass is 10.1. The van der Waals surface area contributed by atoms with Gasteiger partial charge in [-0.05, 0) is 19.1 Å². The molecule has 0 amide bonds. The summed E-state index contributed by atoms with van der Waals surface area (Å²) in [5, 5.41) is 8.70. The predicted molar refractivity (Wildman–Crippen MR) is 55.6 cm³/mol. The number of halogens is 3. The molecule has 1 aromatic rings. The summed E-state index contributed by atoms with van der Waals surface area (Å²) >= 11 is 0. The maximum absolute atomic E-state index is 12.2. The van der Waals surface area contributed by atoms with Crippen LogP contribution >= 0.6 is 10.7 Å². The van der Waals surface area contributed by atoms with E-state index in [4.69, 9.17) is 15.9 Å². The van der Waals surface area contributed by atoms with Gasteiger partial charge < -0.3 is 4.74 Å². The summed E-state index contributed by atoms with van der Waals surface area (Å²) in [6.45, 7) is -1.92. The van der Waals surface area contributed by atoms with Gasteiger partial charge in [0.2, 0.25) is 0 Å². The number of alkyl halides is 2. The van der Waals surface area contributed by atoms with Gasteiger partial charge >= 0.3 is 6.61 Å². The number of rotatable bonds is 3. The van der Waals surface area contributed by atoms with Crippen LogP contribution in [0.25, 0.3) is 0 Å². The quantitative estimate of drug-likeness (QED) is 0.798. The van der Waals surface area contributed by atoms with E-state index in [0.717, 1.165) is 6.07 Å². The van der Waals surface area contributed by atoms with Crippen molar-refractivity contribution in [3.05, 3.63) is 23.3 Å². The second-order valence-electron chi connectivity index (χ2n) is 2.99. The van der Waals surface area contributed by atoms with Crippen LogP contribution < -0.4 is 4.74 Å². The average molecular weight is 282 g/mol. The van der Waals surface area contributed by atoms with Crippen molar-refractivity contribution in [2.75, 3.05) is 0 Å². The summed E-state index contributed by atoms with van der Waals surface area (Å²) in [6.07, 6.45) is 0. The Balaban J connectivity index is 3.54. The second kappa shape index (κ2) is 4.85. The minimum atomic E-state index is -4.22. The Bertz CT molecular complexity index is 581. The summed E-state index contributed by atoms with van der Waals surface area (Å²) in [6, 6.07) is 3.84. The van der Waals surface area contributed by atoms with E-state index in [1.165, 1.54) is 13.0 Å². The fourth-order valence-corrected chi connectivity index (χ4v) is 2.23. The molecule has 0 aliphatic rings. The number of hydrogen-bond acceptors (Lipinski definition) is 4. The average Bonchev–Trinajstić information content (AvgIpc) is 2.18.